The summed E-state index contributed by atoms with van der Waals surface area (Å²) in [7, 11) is 1.66. The van der Waals surface area contributed by atoms with Crippen LogP contribution in [-0.2, 0) is 9.47 Å². The van der Waals surface area contributed by atoms with Crippen molar-refractivity contribution < 1.29 is 13.9 Å². The van der Waals surface area contributed by atoms with Crippen LogP contribution in [0, 0.1) is 0 Å². The molecule has 0 aromatic carbocycles. The van der Waals surface area contributed by atoms with Crippen LogP contribution in [0.25, 0.3) is 0 Å². The Morgan fingerprint density at radius 1 is 1.28 bits per heavy atom. The largest absolute Gasteiger partial charge is 0.407 e. The summed E-state index contributed by atoms with van der Waals surface area (Å²) < 4.78 is 15.5. The maximum atomic E-state index is 5.81. The molecule has 1 N–H and O–H groups in total. The minimum absolute atomic E-state index is 0.262. The fourth-order valence-corrected chi connectivity index (χ4v) is 1.32. The van der Waals surface area contributed by atoms with Crippen molar-refractivity contribution in [3.8, 4) is 0 Å². The van der Waals surface area contributed by atoms with Crippen LogP contribution in [0.1, 0.15) is 31.0 Å². The van der Waals surface area contributed by atoms with Gasteiger partial charge in [0.25, 0.3) is 0 Å². The van der Waals surface area contributed by atoms with Gasteiger partial charge in [0.2, 0.25) is 5.89 Å². The molecule has 1 heterocycles. The molecule has 1 unspecified atom stereocenters. The van der Waals surface area contributed by atoms with Crippen molar-refractivity contribution in [3.63, 3.8) is 0 Å². The predicted molar refractivity (Wildman–Crippen MR) is 69.0 cm³/mol. The highest BCUT2D eigenvalue weighted by Crippen LogP contribution is 2.18. The van der Waals surface area contributed by atoms with Gasteiger partial charge in [-0.15, -0.1) is 16.7 Å². The van der Waals surface area contributed by atoms with Crippen LogP contribution < -0.4 is 5.32 Å². The van der Waals surface area contributed by atoms with Crippen molar-refractivity contribution in [1.82, 2.24) is 10.2 Å². The van der Waals surface area contributed by atoms with E-state index in [0.717, 1.165) is 26.0 Å². The van der Waals surface area contributed by atoms with E-state index in [2.05, 4.69) is 15.5 Å². The van der Waals surface area contributed by atoms with Gasteiger partial charge in [-0.1, -0.05) is 5.10 Å². The highest BCUT2D eigenvalue weighted by atomic mass is 35.5. The number of hydrogen-bond donors (Lipinski definition) is 1. The van der Waals surface area contributed by atoms with E-state index >= 15 is 0 Å². The van der Waals surface area contributed by atoms with Crippen molar-refractivity contribution in [1.29, 1.82) is 0 Å². The van der Waals surface area contributed by atoms with Crippen molar-refractivity contribution in [2.45, 2.75) is 25.1 Å². The van der Waals surface area contributed by atoms with Crippen molar-refractivity contribution in [3.05, 3.63) is 5.89 Å². The molecule has 7 heteroatoms. The number of alkyl halides is 1. The molecule has 0 aliphatic rings. The van der Waals surface area contributed by atoms with Crippen LogP contribution in [-0.4, -0.2) is 43.7 Å². The van der Waals surface area contributed by atoms with Gasteiger partial charge in [-0.05, 0) is 19.8 Å². The minimum Gasteiger partial charge on any atom is -0.407 e. The standard InChI is InChI=1S/C11H20ClN3O3/c1-9(12)10-14-15-11(18-10)13-5-3-4-6-17-8-7-16-2/h9H,3-8H2,1-2H3,(H,13,15). The third-order valence-electron chi connectivity index (χ3n) is 2.20. The second-order valence-electron chi connectivity index (χ2n) is 3.80. The Hall–Kier alpha value is -0.850. The number of aromatic nitrogens is 2. The highest BCUT2D eigenvalue weighted by molar-refractivity contribution is 6.20. The maximum absolute atomic E-state index is 5.81. The number of ether oxygens (including phenoxy) is 2. The molecular weight excluding hydrogens is 258 g/mol. The maximum Gasteiger partial charge on any atom is 0.315 e. The zero-order valence-electron chi connectivity index (χ0n) is 10.8. The van der Waals surface area contributed by atoms with E-state index in [1.165, 1.54) is 0 Å². The molecule has 0 aliphatic heterocycles. The summed E-state index contributed by atoms with van der Waals surface area (Å²) >= 11 is 5.81. The fourth-order valence-electron chi connectivity index (χ4n) is 1.24. The van der Waals surface area contributed by atoms with Crippen LogP contribution in [0.15, 0.2) is 4.42 Å². The SMILES string of the molecule is COCCOCCCCNc1nnc(C(C)Cl)o1. The third-order valence-corrected chi connectivity index (χ3v) is 2.39. The van der Waals surface area contributed by atoms with E-state index in [1.54, 1.807) is 14.0 Å². The monoisotopic (exact) mass is 277 g/mol. The summed E-state index contributed by atoms with van der Waals surface area (Å²) in [6, 6.07) is 0.415. The lowest BCUT2D eigenvalue weighted by Crippen LogP contribution is -2.06. The lowest BCUT2D eigenvalue weighted by Gasteiger charge is -2.03. The van der Waals surface area contributed by atoms with Crippen LogP contribution in [0.5, 0.6) is 0 Å². The first-order valence-electron chi connectivity index (χ1n) is 6.02. The molecule has 1 atom stereocenters. The molecule has 6 nitrogen and oxygen atoms in total. The van der Waals surface area contributed by atoms with Crippen molar-refractivity contribution >= 4 is 17.6 Å². The summed E-state index contributed by atoms with van der Waals surface area (Å²) in [5.41, 5.74) is 0. The predicted octanol–water partition coefficient (Wildman–Crippen LogP) is 2.22. The topological polar surface area (TPSA) is 69.4 Å². The van der Waals surface area contributed by atoms with E-state index in [9.17, 15) is 0 Å². The number of halogens is 1. The molecule has 0 spiro atoms. The number of anilines is 1. The summed E-state index contributed by atoms with van der Waals surface area (Å²) in [5, 5.41) is 10.4. The van der Waals surface area contributed by atoms with Gasteiger partial charge < -0.3 is 19.2 Å². The van der Waals surface area contributed by atoms with Crippen LogP contribution in [0.3, 0.4) is 0 Å². The Bertz CT molecular complexity index is 320. The fraction of sp³-hybridized carbons (Fsp3) is 0.818. The molecule has 0 aliphatic carbocycles. The van der Waals surface area contributed by atoms with Crippen molar-refractivity contribution in [2.24, 2.45) is 0 Å². The zero-order chi connectivity index (χ0) is 13.2. The number of methoxy groups -OCH3 is 1. The molecule has 0 saturated carbocycles. The number of unbranched alkanes of at least 4 members (excludes halogenated alkanes) is 1. The quantitative estimate of drug-likeness (QED) is 0.522. The lowest BCUT2D eigenvalue weighted by atomic mass is 10.3. The van der Waals surface area contributed by atoms with E-state index < -0.39 is 0 Å². The van der Waals surface area contributed by atoms with Crippen LogP contribution >= 0.6 is 11.6 Å². The van der Waals surface area contributed by atoms with E-state index in [-0.39, 0.29) is 5.38 Å². The Morgan fingerprint density at radius 3 is 2.78 bits per heavy atom. The van der Waals surface area contributed by atoms with Crippen LogP contribution in [0.2, 0.25) is 0 Å². The Labute approximate surface area is 112 Å². The van der Waals surface area contributed by atoms with E-state index in [4.69, 9.17) is 25.5 Å². The summed E-state index contributed by atoms with van der Waals surface area (Å²) in [6.07, 6.45) is 1.95. The van der Waals surface area contributed by atoms with Gasteiger partial charge in [-0.3, -0.25) is 0 Å². The number of nitrogens with one attached hydrogen (secondary N) is 1. The van der Waals surface area contributed by atoms with Gasteiger partial charge in [-0.25, -0.2) is 0 Å². The minimum atomic E-state index is -0.262. The third kappa shape index (κ3) is 6.18. The van der Waals surface area contributed by atoms with E-state index in [1.807, 2.05) is 0 Å². The Kier molecular flexibility index (Phi) is 7.71. The first-order valence-corrected chi connectivity index (χ1v) is 6.45. The molecule has 0 radical (unpaired) electrons. The average Bonchev–Trinajstić information content (AvgIpc) is 2.81. The Morgan fingerprint density at radius 2 is 2.11 bits per heavy atom. The summed E-state index contributed by atoms with van der Waals surface area (Å²) in [5.74, 6) is 0.432. The van der Waals surface area contributed by atoms with Crippen LogP contribution in [0.4, 0.5) is 6.01 Å². The Balaban J connectivity index is 2.00. The molecule has 1 aromatic heterocycles. The smallest absolute Gasteiger partial charge is 0.315 e. The lowest BCUT2D eigenvalue weighted by molar-refractivity contribution is 0.0691. The van der Waals surface area contributed by atoms with Gasteiger partial charge in [0, 0.05) is 20.3 Å². The highest BCUT2D eigenvalue weighted by Gasteiger charge is 2.10. The molecule has 104 valence electrons. The molecule has 1 aromatic rings. The molecule has 18 heavy (non-hydrogen) atoms. The number of rotatable bonds is 10. The summed E-state index contributed by atoms with van der Waals surface area (Å²) in [4.78, 5) is 0. The summed E-state index contributed by atoms with van der Waals surface area (Å²) in [6.45, 7) is 4.57. The number of nitrogens with zero attached hydrogens (tertiary/aromatic N) is 2. The molecule has 1 rings (SSSR count). The molecule has 0 fully saturated rings. The number of hydrogen-bond acceptors (Lipinski definition) is 6. The van der Waals surface area contributed by atoms with Crippen molar-refractivity contribution in [2.75, 3.05) is 38.8 Å². The first-order chi connectivity index (χ1) is 8.74. The van der Waals surface area contributed by atoms with Gasteiger partial charge in [0.15, 0.2) is 0 Å². The van der Waals surface area contributed by atoms with E-state index in [0.29, 0.717) is 25.1 Å². The van der Waals surface area contributed by atoms with Gasteiger partial charge in [-0.2, -0.15) is 0 Å². The molecule has 0 saturated heterocycles. The van der Waals surface area contributed by atoms with Gasteiger partial charge in [0.1, 0.15) is 5.38 Å². The molecule has 0 amide bonds. The molecule has 0 bridgehead atoms. The van der Waals surface area contributed by atoms with Gasteiger partial charge in [0.05, 0.1) is 13.2 Å². The normalized spacial score (nSPS) is 12.6. The second kappa shape index (κ2) is 9.13. The van der Waals surface area contributed by atoms with Gasteiger partial charge >= 0.3 is 6.01 Å². The second-order valence-corrected chi connectivity index (χ2v) is 4.46. The molecular formula is C11H20ClN3O3. The first kappa shape index (κ1) is 15.2. The average molecular weight is 278 g/mol. The zero-order valence-corrected chi connectivity index (χ0v) is 11.6.